The van der Waals surface area contributed by atoms with E-state index in [-0.39, 0.29) is 17.9 Å². The van der Waals surface area contributed by atoms with E-state index in [2.05, 4.69) is 0 Å². The van der Waals surface area contributed by atoms with Crippen molar-refractivity contribution in [2.24, 2.45) is 0 Å². The van der Waals surface area contributed by atoms with Crippen LogP contribution in [0.2, 0.25) is 0 Å². The molecule has 29 heavy (non-hydrogen) atoms. The maximum atomic E-state index is 13.3. The summed E-state index contributed by atoms with van der Waals surface area (Å²) in [6.07, 6.45) is 1.78. The molecule has 1 atom stereocenters. The quantitative estimate of drug-likeness (QED) is 0.783. The molecule has 2 aliphatic heterocycles. The third kappa shape index (κ3) is 3.79. The lowest BCUT2D eigenvalue weighted by atomic mass is 9.98. The van der Waals surface area contributed by atoms with Gasteiger partial charge in [-0.05, 0) is 41.7 Å². The molecule has 2 aliphatic rings. The molecule has 6 heteroatoms. The summed E-state index contributed by atoms with van der Waals surface area (Å²) < 4.78 is 10.8. The molecule has 6 nitrogen and oxygen atoms in total. The molecule has 4 rings (SSSR count). The molecule has 0 aromatic heterocycles. The van der Waals surface area contributed by atoms with Crippen LogP contribution in [0.5, 0.6) is 11.5 Å². The summed E-state index contributed by atoms with van der Waals surface area (Å²) >= 11 is 0. The van der Waals surface area contributed by atoms with Gasteiger partial charge >= 0.3 is 0 Å². The number of fused-ring (bicyclic) bond motifs is 1. The topological polar surface area (TPSA) is 59.1 Å². The lowest BCUT2D eigenvalue weighted by Gasteiger charge is -2.34. The standard InChI is InChI=1S/C23H26N2O4/c1-28-20-12-17-10-11-24(15-18(17)13-21(20)29-2)23(27)19-8-9-22(26)25(19)14-16-6-4-3-5-7-16/h3-7,12-13,19H,8-11,14-15H2,1-2H3. The summed E-state index contributed by atoms with van der Waals surface area (Å²) in [5.41, 5.74) is 3.29. The normalized spacial score (nSPS) is 18.6. The van der Waals surface area contributed by atoms with E-state index in [1.807, 2.05) is 47.4 Å². The molecule has 1 fully saturated rings. The summed E-state index contributed by atoms with van der Waals surface area (Å²) in [5.74, 6) is 1.46. The lowest BCUT2D eigenvalue weighted by Crippen LogP contribution is -2.48. The zero-order valence-corrected chi connectivity index (χ0v) is 16.9. The zero-order valence-electron chi connectivity index (χ0n) is 16.9. The van der Waals surface area contributed by atoms with Gasteiger partial charge in [0.2, 0.25) is 11.8 Å². The van der Waals surface area contributed by atoms with Crippen molar-refractivity contribution >= 4 is 11.8 Å². The minimum absolute atomic E-state index is 0.0345. The molecule has 0 saturated carbocycles. The molecule has 2 aromatic rings. The smallest absolute Gasteiger partial charge is 0.245 e. The molecule has 1 saturated heterocycles. The Hall–Kier alpha value is -3.02. The van der Waals surface area contributed by atoms with Gasteiger partial charge in [0.15, 0.2) is 11.5 Å². The van der Waals surface area contributed by atoms with Crippen LogP contribution in [-0.2, 0) is 29.1 Å². The van der Waals surface area contributed by atoms with E-state index in [9.17, 15) is 9.59 Å². The molecule has 1 unspecified atom stereocenters. The van der Waals surface area contributed by atoms with Gasteiger partial charge in [-0.2, -0.15) is 0 Å². The van der Waals surface area contributed by atoms with Crippen molar-refractivity contribution in [3.05, 3.63) is 59.2 Å². The monoisotopic (exact) mass is 394 g/mol. The van der Waals surface area contributed by atoms with E-state index < -0.39 is 0 Å². The van der Waals surface area contributed by atoms with E-state index in [1.165, 1.54) is 5.56 Å². The van der Waals surface area contributed by atoms with Crippen LogP contribution in [0.25, 0.3) is 0 Å². The lowest BCUT2D eigenvalue weighted by molar-refractivity contribution is -0.142. The van der Waals surface area contributed by atoms with Crippen molar-refractivity contribution in [1.29, 1.82) is 0 Å². The Kier molecular flexibility index (Phi) is 5.43. The van der Waals surface area contributed by atoms with Gasteiger partial charge in [0.25, 0.3) is 0 Å². The number of carbonyl (C=O) groups is 2. The molecule has 2 aromatic carbocycles. The number of hydrogen-bond acceptors (Lipinski definition) is 4. The minimum atomic E-state index is -0.385. The number of rotatable bonds is 5. The Balaban J connectivity index is 1.51. The van der Waals surface area contributed by atoms with E-state index in [0.717, 1.165) is 17.5 Å². The van der Waals surface area contributed by atoms with Crippen LogP contribution in [0.15, 0.2) is 42.5 Å². The van der Waals surface area contributed by atoms with Gasteiger partial charge in [0.05, 0.1) is 14.2 Å². The second kappa shape index (κ2) is 8.15. The second-order valence-corrected chi connectivity index (χ2v) is 7.55. The Morgan fingerprint density at radius 2 is 1.72 bits per heavy atom. The average molecular weight is 394 g/mol. The van der Waals surface area contributed by atoms with Crippen LogP contribution in [0, 0.1) is 0 Å². The first-order valence-corrected chi connectivity index (χ1v) is 9.96. The van der Waals surface area contributed by atoms with Gasteiger partial charge in [-0.25, -0.2) is 0 Å². The van der Waals surface area contributed by atoms with Crippen LogP contribution >= 0.6 is 0 Å². The minimum Gasteiger partial charge on any atom is -0.493 e. The first-order valence-electron chi connectivity index (χ1n) is 9.96. The second-order valence-electron chi connectivity index (χ2n) is 7.55. The molecular formula is C23H26N2O4. The Morgan fingerprint density at radius 3 is 2.41 bits per heavy atom. The highest BCUT2D eigenvalue weighted by atomic mass is 16.5. The first kappa shape index (κ1) is 19.3. The van der Waals surface area contributed by atoms with Gasteiger partial charge in [0.1, 0.15) is 6.04 Å². The summed E-state index contributed by atoms with van der Waals surface area (Å²) in [6, 6.07) is 13.4. The third-order valence-corrected chi connectivity index (χ3v) is 5.84. The number of ether oxygens (including phenoxy) is 2. The van der Waals surface area contributed by atoms with E-state index in [1.54, 1.807) is 19.1 Å². The number of carbonyl (C=O) groups excluding carboxylic acids is 2. The Bertz CT molecular complexity index is 913. The summed E-state index contributed by atoms with van der Waals surface area (Å²) in [6.45, 7) is 1.65. The van der Waals surface area contributed by atoms with E-state index >= 15 is 0 Å². The fourth-order valence-corrected chi connectivity index (χ4v) is 4.25. The van der Waals surface area contributed by atoms with Gasteiger partial charge in [0, 0.05) is 26.1 Å². The number of amides is 2. The molecular weight excluding hydrogens is 368 g/mol. The zero-order chi connectivity index (χ0) is 20.4. The molecule has 0 N–H and O–H groups in total. The summed E-state index contributed by atoms with van der Waals surface area (Å²) in [4.78, 5) is 29.4. The van der Waals surface area contributed by atoms with Crippen molar-refractivity contribution < 1.29 is 19.1 Å². The van der Waals surface area contributed by atoms with Crippen LogP contribution in [0.1, 0.15) is 29.5 Å². The van der Waals surface area contributed by atoms with Crippen molar-refractivity contribution in [3.63, 3.8) is 0 Å². The molecule has 0 radical (unpaired) electrons. The van der Waals surface area contributed by atoms with E-state index in [4.69, 9.17) is 9.47 Å². The highest BCUT2D eigenvalue weighted by Gasteiger charge is 2.39. The largest absolute Gasteiger partial charge is 0.493 e. The third-order valence-electron chi connectivity index (χ3n) is 5.84. The van der Waals surface area contributed by atoms with Gasteiger partial charge in [-0.15, -0.1) is 0 Å². The Labute approximate surface area is 171 Å². The van der Waals surface area contributed by atoms with Gasteiger partial charge in [-0.3, -0.25) is 9.59 Å². The number of likely N-dealkylation sites (tertiary alicyclic amines) is 1. The van der Waals surface area contributed by atoms with Crippen LogP contribution in [0.4, 0.5) is 0 Å². The fourth-order valence-electron chi connectivity index (χ4n) is 4.25. The highest BCUT2D eigenvalue weighted by Crippen LogP contribution is 2.34. The number of hydrogen-bond donors (Lipinski definition) is 0. The first-order chi connectivity index (χ1) is 14.1. The maximum absolute atomic E-state index is 13.3. The van der Waals surface area contributed by atoms with Gasteiger partial charge < -0.3 is 19.3 Å². The van der Waals surface area contributed by atoms with Crippen molar-refractivity contribution in [2.45, 2.75) is 38.4 Å². The summed E-state index contributed by atoms with van der Waals surface area (Å²) in [5, 5.41) is 0. The maximum Gasteiger partial charge on any atom is 0.245 e. The predicted molar refractivity (Wildman–Crippen MR) is 109 cm³/mol. The van der Waals surface area contributed by atoms with Crippen molar-refractivity contribution in [1.82, 2.24) is 9.80 Å². The van der Waals surface area contributed by atoms with Gasteiger partial charge in [-0.1, -0.05) is 30.3 Å². The molecule has 152 valence electrons. The Morgan fingerprint density at radius 1 is 1.03 bits per heavy atom. The molecule has 0 spiro atoms. The average Bonchev–Trinajstić information content (AvgIpc) is 3.12. The molecule has 2 heterocycles. The molecule has 0 aliphatic carbocycles. The number of benzene rings is 2. The molecule has 0 bridgehead atoms. The van der Waals surface area contributed by atoms with Crippen LogP contribution in [-0.4, -0.2) is 48.4 Å². The highest BCUT2D eigenvalue weighted by molar-refractivity contribution is 5.91. The molecule has 2 amide bonds. The summed E-state index contributed by atoms with van der Waals surface area (Å²) in [7, 11) is 3.24. The predicted octanol–water partition coefficient (Wildman–Crippen LogP) is 2.78. The SMILES string of the molecule is COc1cc2c(cc1OC)CN(C(=O)C1CCC(=O)N1Cc1ccccc1)CC2. The fraction of sp³-hybridized carbons (Fsp3) is 0.391. The number of nitrogens with zero attached hydrogens (tertiary/aromatic N) is 2. The van der Waals surface area contributed by atoms with Crippen molar-refractivity contribution in [2.75, 3.05) is 20.8 Å². The van der Waals surface area contributed by atoms with Crippen LogP contribution < -0.4 is 9.47 Å². The number of methoxy groups -OCH3 is 2. The van der Waals surface area contributed by atoms with Crippen molar-refractivity contribution in [3.8, 4) is 11.5 Å². The van der Waals surface area contributed by atoms with Crippen LogP contribution in [0.3, 0.4) is 0 Å². The van der Waals surface area contributed by atoms with E-state index in [0.29, 0.717) is 44.0 Å².